The fraction of sp³-hybridized carbons (Fsp3) is 0.632. The number of hydrogen-bond acceptors (Lipinski definition) is 3. The lowest BCUT2D eigenvalue weighted by atomic mass is 10.1. The van der Waals surface area contributed by atoms with Gasteiger partial charge in [0.25, 0.3) is 0 Å². The van der Waals surface area contributed by atoms with Crippen molar-refractivity contribution in [3.8, 4) is 0 Å². The molecular weight excluding hydrogens is 300 g/mol. The van der Waals surface area contributed by atoms with Crippen molar-refractivity contribution in [1.82, 2.24) is 20.4 Å². The summed E-state index contributed by atoms with van der Waals surface area (Å²) in [5.41, 5.74) is 2.53. The van der Waals surface area contributed by atoms with E-state index in [-0.39, 0.29) is 6.03 Å². The van der Waals surface area contributed by atoms with Crippen LogP contribution in [0, 0.1) is 0 Å². The van der Waals surface area contributed by atoms with Gasteiger partial charge in [0.1, 0.15) is 0 Å². The topological polar surface area (TPSA) is 47.6 Å². The fourth-order valence-corrected chi connectivity index (χ4v) is 3.01. The van der Waals surface area contributed by atoms with Gasteiger partial charge in [0, 0.05) is 45.8 Å². The van der Waals surface area contributed by atoms with Gasteiger partial charge in [-0.3, -0.25) is 4.90 Å². The maximum atomic E-state index is 11.8. The SMILES string of the molecule is CCCCNC(=O)NCc1ccccc1CN1CCN(CC)CC1. The number of nitrogens with one attached hydrogen (secondary N) is 2. The predicted molar refractivity (Wildman–Crippen MR) is 99.0 cm³/mol. The second-order valence-electron chi connectivity index (χ2n) is 6.44. The number of unbranched alkanes of at least 4 members (excludes halogenated alkanes) is 1. The van der Waals surface area contributed by atoms with E-state index in [1.807, 2.05) is 6.07 Å². The van der Waals surface area contributed by atoms with Crippen molar-refractivity contribution in [3.05, 3.63) is 35.4 Å². The van der Waals surface area contributed by atoms with E-state index in [4.69, 9.17) is 0 Å². The van der Waals surface area contributed by atoms with Gasteiger partial charge in [0.2, 0.25) is 0 Å². The Morgan fingerprint density at radius 2 is 1.67 bits per heavy atom. The van der Waals surface area contributed by atoms with Crippen LogP contribution in [0.1, 0.15) is 37.8 Å². The maximum absolute atomic E-state index is 11.8. The first-order chi connectivity index (χ1) is 11.7. The number of nitrogens with zero attached hydrogens (tertiary/aromatic N) is 2. The molecule has 1 aromatic carbocycles. The molecule has 134 valence electrons. The Morgan fingerprint density at radius 1 is 1.00 bits per heavy atom. The second kappa shape index (κ2) is 10.3. The molecule has 2 amide bonds. The van der Waals surface area contributed by atoms with Crippen LogP contribution >= 0.6 is 0 Å². The van der Waals surface area contributed by atoms with Crippen LogP contribution in [-0.4, -0.2) is 55.1 Å². The Balaban J connectivity index is 1.82. The molecule has 0 radical (unpaired) electrons. The third-order valence-corrected chi connectivity index (χ3v) is 4.68. The van der Waals surface area contributed by atoms with Crippen molar-refractivity contribution in [2.45, 2.75) is 39.8 Å². The minimum absolute atomic E-state index is 0.0742. The fourth-order valence-electron chi connectivity index (χ4n) is 3.01. The third kappa shape index (κ3) is 6.13. The molecule has 1 saturated heterocycles. The summed E-state index contributed by atoms with van der Waals surface area (Å²) in [6.07, 6.45) is 2.11. The molecule has 0 aliphatic carbocycles. The lowest BCUT2D eigenvalue weighted by molar-refractivity contribution is 0.131. The molecule has 1 fully saturated rings. The number of carbonyl (C=O) groups excluding carboxylic acids is 1. The summed E-state index contributed by atoms with van der Waals surface area (Å²) in [6.45, 7) is 12.3. The van der Waals surface area contributed by atoms with E-state index in [1.165, 1.54) is 11.1 Å². The molecule has 5 nitrogen and oxygen atoms in total. The highest BCUT2D eigenvalue weighted by Gasteiger charge is 2.16. The van der Waals surface area contributed by atoms with E-state index in [9.17, 15) is 4.79 Å². The number of carbonyl (C=O) groups is 1. The molecule has 0 unspecified atom stereocenters. The lowest BCUT2D eigenvalue weighted by Gasteiger charge is -2.34. The van der Waals surface area contributed by atoms with E-state index in [0.717, 1.165) is 58.7 Å². The summed E-state index contributed by atoms with van der Waals surface area (Å²) >= 11 is 0. The molecule has 2 rings (SSSR count). The molecule has 5 heteroatoms. The molecule has 0 atom stereocenters. The van der Waals surface area contributed by atoms with E-state index in [0.29, 0.717) is 6.54 Å². The van der Waals surface area contributed by atoms with Crippen molar-refractivity contribution >= 4 is 6.03 Å². The molecule has 1 aromatic rings. The van der Waals surface area contributed by atoms with Crippen molar-refractivity contribution in [2.24, 2.45) is 0 Å². The van der Waals surface area contributed by atoms with Crippen LogP contribution in [0.2, 0.25) is 0 Å². The number of hydrogen-bond donors (Lipinski definition) is 2. The first-order valence-corrected chi connectivity index (χ1v) is 9.26. The zero-order chi connectivity index (χ0) is 17.2. The normalized spacial score (nSPS) is 16.1. The van der Waals surface area contributed by atoms with E-state index in [1.54, 1.807) is 0 Å². The summed E-state index contributed by atoms with van der Waals surface area (Å²) in [4.78, 5) is 16.8. The first-order valence-electron chi connectivity index (χ1n) is 9.26. The average Bonchev–Trinajstić information content (AvgIpc) is 2.62. The number of amides is 2. The van der Waals surface area contributed by atoms with Gasteiger partial charge in [-0.15, -0.1) is 0 Å². The Bertz CT molecular complexity index is 498. The predicted octanol–water partition coefficient (Wildman–Crippen LogP) is 2.42. The number of benzene rings is 1. The Hall–Kier alpha value is -1.59. The van der Waals surface area contributed by atoms with Crippen LogP contribution in [-0.2, 0) is 13.1 Å². The molecule has 24 heavy (non-hydrogen) atoms. The molecule has 1 aliphatic rings. The van der Waals surface area contributed by atoms with Gasteiger partial charge in [0.05, 0.1) is 0 Å². The molecular formula is C19H32N4O. The van der Waals surface area contributed by atoms with Gasteiger partial charge in [-0.25, -0.2) is 4.79 Å². The standard InChI is InChI=1S/C19H32N4O/c1-3-5-10-20-19(24)21-15-17-8-6-7-9-18(17)16-23-13-11-22(4-2)12-14-23/h6-9H,3-5,10-16H2,1-2H3,(H2,20,21,24). The highest BCUT2D eigenvalue weighted by molar-refractivity contribution is 5.73. The lowest BCUT2D eigenvalue weighted by Crippen LogP contribution is -2.45. The first kappa shape index (κ1) is 18.7. The highest BCUT2D eigenvalue weighted by Crippen LogP contribution is 2.13. The molecule has 0 saturated carbocycles. The number of urea groups is 1. The zero-order valence-electron chi connectivity index (χ0n) is 15.2. The quantitative estimate of drug-likeness (QED) is 0.719. The molecule has 0 aromatic heterocycles. The van der Waals surface area contributed by atoms with Gasteiger partial charge < -0.3 is 15.5 Å². The van der Waals surface area contributed by atoms with Crippen molar-refractivity contribution < 1.29 is 4.79 Å². The largest absolute Gasteiger partial charge is 0.338 e. The van der Waals surface area contributed by atoms with Crippen LogP contribution in [0.3, 0.4) is 0 Å². The van der Waals surface area contributed by atoms with E-state index >= 15 is 0 Å². The minimum atomic E-state index is -0.0742. The molecule has 0 bridgehead atoms. The minimum Gasteiger partial charge on any atom is -0.338 e. The van der Waals surface area contributed by atoms with Gasteiger partial charge in [-0.05, 0) is 24.1 Å². The molecule has 1 aliphatic heterocycles. The Labute approximate surface area is 146 Å². The van der Waals surface area contributed by atoms with E-state index < -0.39 is 0 Å². The number of piperazine rings is 1. The summed E-state index contributed by atoms with van der Waals surface area (Å²) in [7, 11) is 0. The van der Waals surface area contributed by atoms with Crippen molar-refractivity contribution in [3.63, 3.8) is 0 Å². The summed E-state index contributed by atoms with van der Waals surface area (Å²) in [5, 5.41) is 5.87. The van der Waals surface area contributed by atoms with Crippen molar-refractivity contribution in [2.75, 3.05) is 39.3 Å². The van der Waals surface area contributed by atoms with Crippen LogP contribution in [0.4, 0.5) is 4.79 Å². The van der Waals surface area contributed by atoms with Crippen LogP contribution < -0.4 is 10.6 Å². The van der Waals surface area contributed by atoms with Crippen LogP contribution in [0.5, 0.6) is 0 Å². The summed E-state index contributed by atoms with van der Waals surface area (Å²) in [5.74, 6) is 0. The maximum Gasteiger partial charge on any atom is 0.315 e. The smallest absolute Gasteiger partial charge is 0.315 e. The van der Waals surface area contributed by atoms with Gasteiger partial charge in [0.15, 0.2) is 0 Å². The van der Waals surface area contributed by atoms with E-state index in [2.05, 4.69) is 52.5 Å². The summed E-state index contributed by atoms with van der Waals surface area (Å²) in [6, 6.07) is 8.35. The van der Waals surface area contributed by atoms with Gasteiger partial charge >= 0.3 is 6.03 Å². The highest BCUT2D eigenvalue weighted by atomic mass is 16.2. The van der Waals surface area contributed by atoms with Gasteiger partial charge in [-0.1, -0.05) is 44.5 Å². The monoisotopic (exact) mass is 332 g/mol. The van der Waals surface area contributed by atoms with Gasteiger partial charge in [-0.2, -0.15) is 0 Å². The van der Waals surface area contributed by atoms with Crippen LogP contribution in [0.15, 0.2) is 24.3 Å². The zero-order valence-corrected chi connectivity index (χ0v) is 15.2. The number of rotatable bonds is 8. The van der Waals surface area contributed by atoms with Crippen molar-refractivity contribution in [1.29, 1.82) is 0 Å². The third-order valence-electron chi connectivity index (χ3n) is 4.68. The molecule has 2 N–H and O–H groups in total. The van der Waals surface area contributed by atoms with Crippen LogP contribution in [0.25, 0.3) is 0 Å². The summed E-state index contributed by atoms with van der Waals surface area (Å²) < 4.78 is 0. The molecule has 0 spiro atoms. The Morgan fingerprint density at radius 3 is 2.33 bits per heavy atom. The average molecular weight is 332 g/mol. The second-order valence-corrected chi connectivity index (χ2v) is 6.44. The molecule has 1 heterocycles. The number of likely N-dealkylation sites (N-methyl/N-ethyl adjacent to an activating group) is 1. The Kier molecular flexibility index (Phi) is 8.05.